The summed E-state index contributed by atoms with van der Waals surface area (Å²) in [6, 6.07) is 53.0. The molecule has 0 fully saturated rings. The summed E-state index contributed by atoms with van der Waals surface area (Å²) in [5.74, 6) is 1.19. The Hall–Kier alpha value is -5.80. The van der Waals surface area contributed by atoms with E-state index in [-0.39, 0.29) is 20.4 Å². The Kier molecular flexibility index (Phi) is 6.62. The number of ether oxygens (including phenoxy) is 1. The largest absolute Gasteiger partial charge is 2.00 e. The van der Waals surface area contributed by atoms with E-state index in [2.05, 4.69) is 135 Å². The van der Waals surface area contributed by atoms with Crippen LogP contribution in [0.15, 0.2) is 146 Å². The van der Waals surface area contributed by atoms with Crippen LogP contribution in [0.3, 0.4) is 0 Å². The molecule has 0 radical (unpaired) electrons. The van der Waals surface area contributed by atoms with Gasteiger partial charge in [0.05, 0.1) is 22.7 Å². The van der Waals surface area contributed by atoms with Crippen molar-refractivity contribution in [3.8, 4) is 34.0 Å². The number of imidazole rings is 2. The Balaban J connectivity index is 0.00000314. The minimum Gasteiger partial charge on any atom is -0.497 e. The fraction of sp³-hybridized carbons (Fsp3) is 0. The number of pyridine rings is 2. The van der Waals surface area contributed by atoms with Gasteiger partial charge in [0.15, 0.2) is 0 Å². The Morgan fingerprint density at radius 1 is 0.521 bits per heavy atom. The molecule has 10 rings (SSSR count). The number of aromatic nitrogens is 4. The number of nitrogens with zero attached hydrogens (tertiary/aromatic N) is 4. The third-order valence-electron chi connectivity index (χ3n) is 9.01. The van der Waals surface area contributed by atoms with Gasteiger partial charge in [-0.05, 0) is 28.5 Å². The number of hydrogen-bond donors (Lipinski definition) is 0. The second-order valence-electron chi connectivity index (χ2n) is 11.7. The van der Waals surface area contributed by atoms with E-state index in [9.17, 15) is 0 Å². The maximum atomic E-state index is 6.51. The van der Waals surface area contributed by atoms with Gasteiger partial charge in [-0.1, -0.05) is 143 Å². The standard InChI is InChI=1S/C42H24N4O.Pd/c1-3-11-27(12-4-1)39-40(28-13-5-2-6-14-28)46-38-18-10-8-16-34(38)32-22-20-30(26-36(32)42(46)44-39)47-29-19-21-31-33-15-7-9-17-37(33)45-24-23-43-41(45)35(31)25-29;/h1-24H;/q-2;+2. The van der Waals surface area contributed by atoms with Gasteiger partial charge in [-0.2, -0.15) is 0 Å². The van der Waals surface area contributed by atoms with Crippen molar-refractivity contribution in [2.75, 3.05) is 0 Å². The van der Waals surface area contributed by atoms with Crippen LogP contribution in [0.25, 0.3) is 77.2 Å². The SMILES string of the molecule is [Pd+2].[c-]1c(Oc2[c-]c3c(cc2)c2ccccc2n2c(-c4ccccc4)c(-c4ccccc4)nc32)ccc2c1c1nccn1c1ccccc21. The summed E-state index contributed by atoms with van der Waals surface area (Å²) in [7, 11) is 0. The minimum atomic E-state index is 0. The molecule has 0 bridgehead atoms. The second-order valence-corrected chi connectivity index (χ2v) is 11.7. The summed E-state index contributed by atoms with van der Waals surface area (Å²) in [6.07, 6.45) is 3.82. The van der Waals surface area contributed by atoms with Crippen LogP contribution < -0.4 is 4.74 Å². The van der Waals surface area contributed by atoms with Crippen LogP contribution in [-0.4, -0.2) is 18.8 Å². The van der Waals surface area contributed by atoms with E-state index in [1.165, 1.54) is 0 Å². The maximum Gasteiger partial charge on any atom is 2.00 e. The second kappa shape index (κ2) is 11.2. The minimum absolute atomic E-state index is 0. The van der Waals surface area contributed by atoms with Crippen molar-refractivity contribution in [1.82, 2.24) is 18.8 Å². The predicted octanol–water partition coefficient (Wildman–Crippen LogP) is 10.3. The van der Waals surface area contributed by atoms with Crippen molar-refractivity contribution in [1.29, 1.82) is 0 Å². The molecule has 48 heavy (non-hydrogen) atoms. The summed E-state index contributed by atoms with van der Waals surface area (Å²) in [5, 5.41) is 6.22. The summed E-state index contributed by atoms with van der Waals surface area (Å²) in [5.41, 5.74) is 8.00. The van der Waals surface area contributed by atoms with Crippen LogP contribution in [0, 0.1) is 12.1 Å². The molecule has 0 atom stereocenters. The first-order valence-electron chi connectivity index (χ1n) is 15.6. The summed E-state index contributed by atoms with van der Waals surface area (Å²) >= 11 is 0. The zero-order chi connectivity index (χ0) is 30.9. The molecule has 6 heteroatoms. The average molecular weight is 707 g/mol. The van der Waals surface area contributed by atoms with Gasteiger partial charge >= 0.3 is 20.4 Å². The van der Waals surface area contributed by atoms with Gasteiger partial charge in [0, 0.05) is 40.5 Å². The zero-order valence-electron chi connectivity index (χ0n) is 25.4. The van der Waals surface area contributed by atoms with Gasteiger partial charge in [-0.15, -0.1) is 12.1 Å². The van der Waals surface area contributed by atoms with Crippen molar-refractivity contribution in [3.05, 3.63) is 158 Å². The average Bonchev–Trinajstić information content (AvgIpc) is 3.80. The van der Waals surface area contributed by atoms with Crippen LogP contribution in [0.1, 0.15) is 0 Å². The smallest absolute Gasteiger partial charge is 0.497 e. The molecular formula is C42H24N4OPd. The molecule has 6 aromatic carbocycles. The van der Waals surface area contributed by atoms with Gasteiger partial charge in [-0.3, -0.25) is 9.97 Å². The van der Waals surface area contributed by atoms with Crippen molar-refractivity contribution in [2.45, 2.75) is 0 Å². The van der Waals surface area contributed by atoms with Crippen LogP contribution in [0.5, 0.6) is 11.5 Å². The number of para-hydroxylation sites is 2. The molecule has 0 aliphatic carbocycles. The van der Waals surface area contributed by atoms with Gasteiger partial charge in [0.25, 0.3) is 0 Å². The van der Waals surface area contributed by atoms with Crippen molar-refractivity contribution in [2.24, 2.45) is 0 Å². The molecule has 4 aromatic heterocycles. The topological polar surface area (TPSA) is 43.8 Å². The molecule has 5 nitrogen and oxygen atoms in total. The van der Waals surface area contributed by atoms with Gasteiger partial charge in [-0.25, -0.2) is 0 Å². The molecule has 228 valence electrons. The first kappa shape index (κ1) is 28.4. The van der Waals surface area contributed by atoms with E-state index in [0.717, 1.165) is 77.2 Å². The third-order valence-corrected chi connectivity index (χ3v) is 9.01. The Bertz CT molecular complexity index is 2820. The number of benzene rings is 6. The number of fused-ring (bicyclic) bond motifs is 12. The van der Waals surface area contributed by atoms with E-state index < -0.39 is 0 Å². The zero-order valence-corrected chi connectivity index (χ0v) is 26.9. The molecule has 0 saturated carbocycles. The van der Waals surface area contributed by atoms with Crippen molar-refractivity contribution in [3.63, 3.8) is 0 Å². The fourth-order valence-electron chi connectivity index (χ4n) is 6.96. The Morgan fingerprint density at radius 2 is 1.08 bits per heavy atom. The van der Waals surface area contributed by atoms with Crippen molar-refractivity contribution < 1.29 is 25.2 Å². The monoisotopic (exact) mass is 706 g/mol. The molecule has 0 spiro atoms. The Labute approximate surface area is 289 Å². The van der Waals surface area contributed by atoms with E-state index >= 15 is 0 Å². The molecule has 0 aliphatic rings. The summed E-state index contributed by atoms with van der Waals surface area (Å²) in [6.45, 7) is 0. The first-order chi connectivity index (χ1) is 23.3. The van der Waals surface area contributed by atoms with Crippen LogP contribution in [-0.2, 0) is 20.4 Å². The molecular weight excluding hydrogens is 683 g/mol. The summed E-state index contributed by atoms with van der Waals surface area (Å²) in [4.78, 5) is 10.0. The molecule has 0 amide bonds. The predicted molar refractivity (Wildman–Crippen MR) is 189 cm³/mol. The Morgan fingerprint density at radius 3 is 1.77 bits per heavy atom. The number of rotatable bonds is 4. The molecule has 0 N–H and O–H groups in total. The molecule has 10 aromatic rings. The quantitative estimate of drug-likeness (QED) is 0.104. The van der Waals surface area contributed by atoms with Crippen LogP contribution >= 0.6 is 0 Å². The van der Waals surface area contributed by atoms with E-state index in [0.29, 0.717) is 11.5 Å². The maximum absolute atomic E-state index is 6.51. The van der Waals surface area contributed by atoms with Crippen molar-refractivity contribution >= 4 is 54.6 Å². The molecule has 0 unspecified atom stereocenters. The number of hydrogen-bond acceptors (Lipinski definition) is 3. The van der Waals surface area contributed by atoms with E-state index in [1.54, 1.807) is 0 Å². The van der Waals surface area contributed by atoms with Crippen LogP contribution in [0.2, 0.25) is 0 Å². The molecule has 0 saturated heterocycles. The van der Waals surface area contributed by atoms with E-state index in [1.807, 2.05) is 36.7 Å². The van der Waals surface area contributed by atoms with E-state index in [4.69, 9.17) is 9.72 Å². The fourth-order valence-corrected chi connectivity index (χ4v) is 6.96. The normalized spacial score (nSPS) is 11.6. The first-order valence-corrected chi connectivity index (χ1v) is 15.6. The third kappa shape index (κ3) is 4.28. The molecule has 4 heterocycles. The van der Waals surface area contributed by atoms with Crippen LogP contribution in [0.4, 0.5) is 0 Å². The molecule has 0 aliphatic heterocycles. The van der Waals surface area contributed by atoms with Gasteiger partial charge in [0.1, 0.15) is 0 Å². The summed E-state index contributed by atoms with van der Waals surface area (Å²) < 4.78 is 10.9. The van der Waals surface area contributed by atoms with Gasteiger partial charge < -0.3 is 13.5 Å². The van der Waals surface area contributed by atoms with Gasteiger partial charge in [0.2, 0.25) is 0 Å².